The van der Waals surface area contributed by atoms with Crippen molar-refractivity contribution in [1.29, 1.82) is 0 Å². The lowest BCUT2D eigenvalue weighted by molar-refractivity contribution is -0.153. The summed E-state index contributed by atoms with van der Waals surface area (Å²) in [6, 6.07) is 6.84. The number of nitrogen functional groups attached to an aromatic ring is 1. The molecule has 1 rings (SSSR count). The van der Waals surface area contributed by atoms with Gasteiger partial charge in [-0.15, -0.1) is 0 Å². The number of amides is 1. The highest BCUT2D eigenvalue weighted by Crippen LogP contribution is 2.07. The Kier molecular flexibility index (Phi) is 3.88. The van der Waals surface area contributed by atoms with E-state index in [9.17, 15) is 9.59 Å². The molecule has 0 spiro atoms. The number of anilines is 1. The lowest BCUT2D eigenvalue weighted by Crippen LogP contribution is -2.30. The Morgan fingerprint density at radius 2 is 1.88 bits per heavy atom. The minimum atomic E-state index is -0.902. The van der Waals surface area contributed by atoms with E-state index in [4.69, 9.17) is 16.2 Å². The Morgan fingerprint density at radius 1 is 1.31 bits per heavy atom. The third kappa shape index (κ3) is 3.61. The van der Waals surface area contributed by atoms with Crippen LogP contribution >= 0.6 is 0 Å². The van der Waals surface area contributed by atoms with Gasteiger partial charge in [0.15, 0.2) is 6.10 Å². The molecule has 1 aromatic rings. The third-order valence-electron chi connectivity index (χ3n) is 2.04. The zero-order valence-electron chi connectivity index (χ0n) is 8.97. The van der Waals surface area contributed by atoms with Gasteiger partial charge in [0.1, 0.15) is 0 Å². The molecule has 5 heteroatoms. The van der Waals surface area contributed by atoms with Gasteiger partial charge in [0.25, 0.3) is 5.91 Å². The molecule has 0 bridgehead atoms. The van der Waals surface area contributed by atoms with Crippen LogP contribution in [0.4, 0.5) is 5.69 Å². The fourth-order valence-corrected chi connectivity index (χ4v) is 1.10. The minimum Gasteiger partial charge on any atom is -0.452 e. The second-order valence-corrected chi connectivity index (χ2v) is 3.45. The van der Waals surface area contributed by atoms with Gasteiger partial charge in [-0.3, -0.25) is 9.59 Å². The molecule has 1 amide bonds. The third-order valence-corrected chi connectivity index (χ3v) is 2.04. The molecule has 1 atom stereocenters. The van der Waals surface area contributed by atoms with Crippen LogP contribution in [0.25, 0.3) is 0 Å². The Balaban J connectivity index is 2.52. The second kappa shape index (κ2) is 5.16. The Bertz CT molecular complexity index is 387. The molecule has 16 heavy (non-hydrogen) atoms. The zero-order chi connectivity index (χ0) is 12.1. The molecule has 0 saturated carbocycles. The first-order valence-electron chi connectivity index (χ1n) is 4.82. The second-order valence-electron chi connectivity index (χ2n) is 3.45. The lowest BCUT2D eigenvalue weighted by atomic mass is 10.1. The van der Waals surface area contributed by atoms with E-state index in [-0.39, 0.29) is 6.42 Å². The van der Waals surface area contributed by atoms with Crippen LogP contribution in [0.15, 0.2) is 24.3 Å². The highest BCUT2D eigenvalue weighted by molar-refractivity contribution is 5.82. The summed E-state index contributed by atoms with van der Waals surface area (Å²) in [4.78, 5) is 22.0. The van der Waals surface area contributed by atoms with Gasteiger partial charge in [-0.1, -0.05) is 12.1 Å². The molecule has 0 fully saturated rings. The Morgan fingerprint density at radius 3 is 2.38 bits per heavy atom. The molecule has 1 unspecified atom stereocenters. The van der Waals surface area contributed by atoms with Crippen molar-refractivity contribution in [3.8, 4) is 0 Å². The predicted molar refractivity (Wildman–Crippen MR) is 59.3 cm³/mol. The summed E-state index contributed by atoms with van der Waals surface area (Å²) in [5.41, 5.74) is 11.9. The molecular formula is C11H14N2O3. The van der Waals surface area contributed by atoms with E-state index >= 15 is 0 Å². The number of carbonyl (C=O) groups excluding carboxylic acids is 2. The van der Waals surface area contributed by atoms with Crippen molar-refractivity contribution in [1.82, 2.24) is 0 Å². The molecule has 0 aromatic heterocycles. The van der Waals surface area contributed by atoms with Crippen molar-refractivity contribution in [2.24, 2.45) is 5.73 Å². The Labute approximate surface area is 93.4 Å². The fraction of sp³-hybridized carbons (Fsp3) is 0.273. The van der Waals surface area contributed by atoms with Crippen molar-refractivity contribution < 1.29 is 14.3 Å². The van der Waals surface area contributed by atoms with E-state index in [1.807, 2.05) is 0 Å². The summed E-state index contributed by atoms with van der Waals surface area (Å²) in [5.74, 6) is -1.15. The molecule has 0 radical (unpaired) electrons. The van der Waals surface area contributed by atoms with Crippen LogP contribution in [-0.4, -0.2) is 18.0 Å². The average Bonchev–Trinajstić information content (AvgIpc) is 2.21. The molecule has 5 nitrogen and oxygen atoms in total. The molecule has 0 saturated heterocycles. The molecule has 0 aliphatic carbocycles. The van der Waals surface area contributed by atoms with Gasteiger partial charge >= 0.3 is 5.97 Å². The minimum absolute atomic E-state index is 0.0951. The van der Waals surface area contributed by atoms with E-state index in [0.717, 1.165) is 5.56 Å². The SMILES string of the molecule is CC(OC(=O)Cc1ccc(N)cc1)C(N)=O. The molecule has 0 aliphatic rings. The molecule has 1 aromatic carbocycles. The Hall–Kier alpha value is -2.04. The van der Waals surface area contributed by atoms with Gasteiger partial charge in [-0.25, -0.2) is 0 Å². The van der Waals surface area contributed by atoms with Crippen molar-refractivity contribution >= 4 is 17.6 Å². The highest BCUT2D eigenvalue weighted by Gasteiger charge is 2.14. The number of hydrogen-bond acceptors (Lipinski definition) is 4. The van der Waals surface area contributed by atoms with Gasteiger partial charge < -0.3 is 16.2 Å². The first-order chi connectivity index (χ1) is 7.49. The monoisotopic (exact) mass is 222 g/mol. The van der Waals surface area contributed by atoms with E-state index in [2.05, 4.69) is 0 Å². The standard InChI is InChI=1S/C11H14N2O3/c1-7(11(13)15)16-10(14)6-8-2-4-9(12)5-3-8/h2-5,7H,6,12H2,1H3,(H2,13,15). The number of benzene rings is 1. The zero-order valence-corrected chi connectivity index (χ0v) is 8.97. The van der Waals surface area contributed by atoms with Gasteiger partial charge in [-0.2, -0.15) is 0 Å². The summed E-state index contributed by atoms with van der Waals surface area (Å²) in [5, 5.41) is 0. The van der Waals surface area contributed by atoms with Crippen LogP contribution in [0.5, 0.6) is 0 Å². The van der Waals surface area contributed by atoms with Gasteiger partial charge in [0.05, 0.1) is 6.42 Å². The van der Waals surface area contributed by atoms with Crippen molar-refractivity contribution in [2.75, 3.05) is 5.73 Å². The molecule has 0 heterocycles. The molecular weight excluding hydrogens is 208 g/mol. The lowest BCUT2D eigenvalue weighted by Gasteiger charge is -2.09. The number of primary amides is 1. The number of hydrogen-bond donors (Lipinski definition) is 2. The van der Waals surface area contributed by atoms with Crippen molar-refractivity contribution in [2.45, 2.75) is 19.4 Å². The maximum atomic E-state index is 11.4. The smallest absolute Gasteiger partial charge is 0.311 e. The average molecular weight is 222 g/mol. The molecule has 86 valence electrons. The van der Waals surface area contributed by atoms with Gasteiger partial charge in [0.2, 0.25) is 0 Å². The van der Waals surface area contributed by atoms with Crippen molar-refractivity contribution in [3.63, 3.8) is 0 Å². The maximum absolute atomic E-state index is 11.4. The molecule has 0 aliphatic heterocycles. The topological polar surface area (TPSA) is 95.4 Å². The number of esters is 1. The largest absolute Gasteiger partial charge is 0.452 e. The summed E-state index contributed by atoms with van der Waals surface area (Å²) in [6.07, 6.45) is -0.806. The van der Waals surface area contributed by atoms with E-state index < -0.39 is 18.0 Å². The first kappa shape index (κ1) is 12.0. The van der Waals surface area contributed by atoms with Crippen LogP contribution in [0, 0.1) is 0 Å². The summed E-state index contributed by atoms with van der Waals surface area (Å²) < 4.78 is 4.80. The van der Waals surface area contributed by atoms with Crippen molar-refractivity contribution in [3.05, 3.63) is 29.8 Å². The maximum Gasteiger partial charge on any atom is 0.311 e. The highest BCUT2D eigenvalue weighted by atomic mass is 16.5. The summed E-state index contributed by atoms with van der Waals surface area (Å²) in [7, 11) is 0. The van der Waals surface area contributed by atoms with Crippen LogP contribution in [0.1, 0.15) is 12.5 Å². The summed E-state index contributed by atoms with van der Waals surface area (Å²) in [6.45, 7) is 1.43. The number of carbonyl (C=O) groups is 2. The predicted octanol–water partition coefficient (Wildman–Crippen LogP) is 0.228. The van der Waals surface area contributed by atoms with Gasteiger partial charge in [-0.05, 0) is 24.6 Å². The summed E-state index contributed by atoms with van der Waals surface area (Å²) >= 11 is 0. The van der Waals surface area contributed by atoms with Gasteiger partial charge in [0, 0.05) is 5.69 Å². The van der Waals surface area contributed by atoms with Crippen LogP contribution < -0.4 is 11.5 Å². The van der Waals surface area contributed by atoms with E-state index in [0.29, 0.717) is 5.69 Å². The number of rotatable bonds is 4. The van der Waals surface area contributed by atoms with Crippen LogP contribution in [0.3, 0.4) is 0 Å². The van der Waals surface area contributed by atoms with E-state index in [1.165, 1.54) is 6.92 Å². The van der Waals surface area contributed by atoms with Crippen LogP contribution in [-0.2, 0) is 20.7 Å². The fourth-order valence-electron chi connectivity index (χ4n) is 1.10. The number of ether oxygens (including phenoxy) is 1. The first-order valence-corrected chi connectivity index (χ1v) is 4.82. The van der Waals surface area contributed by atoms with Crippen LogP contribution in [0.2, 0.25) is 0 Å². The molecule has 4 N–H and O–H groups in total. The quantitative estimate of drug-likeness (QED) is 0.563. The number of nitrogens with two attached hydrogens (primary N) is 2. The normalized spacial score (nSPS) is 11.8. The van der Waals surface area contributed by atoms with E-state index in [1.54, 1.807) is 24.3 Å².